The van der Waals surface area contributed by atoms with E-state index in [1.54, 1.807) is 0 Å². The largest absolute Gasteiger partial charge is 0.456 e. The number of hydrogen-bond acceptors (Lipinski definition) is 4. The Kier molecular flexibility index (Phi) is 8.74. The second-order valence-corrected chi connectivity index (χ2v) is 16.5. The van der Waals surface area contributed by atoms with E-state index < -0.39 is 6.17 Å². The molecule has 0 spiro atoms. The number of hydrogen-bond donors (Lipinski definition) is 1. The van der Waals surface area contributed by atoms with Crippen molar-refractivity contribution in [2.45, 2.75) is 24.9 Å². The van der Waals surface area contributed by atoms with Crippen molar-refractivity contribution in [2.24, 2.45) is 9.98 Å². The number of furan rings is 1. The van der Waals surface area contributed by atoms with E-state index in [1.807, 2.05) is 6.07 Å². The maximum atomic E-state index is 6.78. The summed E-state index contributed by atoms with van der Waals surface area (Å²) in [6.07, 6.45) is 1.43. The van der Waals surface area contributed by atoms with Gasteiger partial charge in [-0.15, -0.1) is 0 Å². The molecular weight excluding hydrogens is 755 g/mol. The summed E-state index contributed by atoms with van der Waals surface area (Å²) in [7, 11) is 0. The van der Waals surface area contributed by atoms with Gasteiger partial charge in [0, 0.05) is 27.8 Å². The third-order valence-electron chi connectivity index (χ3n) is 12.8. The summed E-state index contributed by atoms with van der Waals surface area (Å²) in [4.78, 5) is 10.9. The van der Waals surface area contributed by atoms with Crippen LogP contribution in [0.25, 0.3) is 66.1 Å². The topological polar surface area (TPSA) is 49.9 Å². The van der Waals surface area contributed by atoms with Crippen LogP contribution in [0.3, 0.4) is 0 Å². The zero-order valence-corrected chi connectivity index (χ0v) is 34.0. The minimum atomic E-state index is -0.488. The highest BCUT2D eigenvalue weighted by Crippen LogP contribution is 2.45. The third-order valence-corrected chi connectivity index (χ3v) is 12.8. The van der Waals surface area contributed by atoms with Gasteiger partial charge in [0.15, 0.2) is 6.17 Å². The van der Waals surface area contributed by atoms with Gasteiger partial charge in [0.05, 0.1) is 0 Å². The highest BCUT2D eigenvalue weighted by atomic mass is 16.3. The fraction of sp³-hybridized carbons (Fsp3) is 0.0690. The van der Waals surface area contributed by atoms with E-state index in [0.29, 0.717) is 0 Å². The molecule has 0 bridgehead atoms. The fourth-order valence-electron chi connectivity index (χ4n) is 9.70. The number of benzene rings is 9. The van der Waals surface area contributed by atoms with Crippen LogP contribution in [-0.2, 0) is 6.42 Å². The molecule has 1 N–H and O–H groups in total. The van der Waals surface area contributed by atoms with E-state index >= 15 is 0 Å². The Morgan fingerprint density at radius 2 is 1.08 bits per heavy atom. The lowest BCUT2D eigenvalue weighted by Gasteiger charge is -2.24. The molecule has 62 heavy (non-hydrogen) atoms. The van der Waals surface area contributed by atoms with Gasteiger partial charge in [-0.1, -0.05) is 176 Å². The lowest BCUT2D eigenvalue weighted by molar-refractivity contribution is 0.665. The number of para-hydroxylation sites is 1. The smallest absolute Gasteiger partial charge is 0.169 e. The van der Waals surface area contributed by atoms with Gasteiger partial charge in [-0.05, 0) is 110 Å². The van der Waals surface area contributed by atoms with Crippen LogP contribution in [0.5, 0.6) is 0 Å². The molecule has 4 heteroatoms. The molecule has 1 aliphatic carbocycles. The zero-order valence-electron chi connectivity index (χ0n) is 34.0. The highest BCUT2D eigenvalue weighted by molar-refractivity contribution is 6.23. The SMILES string of the molecule is c1ccc(-c2ccc(C3=NC(c4cccc(-c5ccccc5)c4)N=C(c4cc(C5CCc6cc7ccccc7cc6-c6ccccc65)cc5oc6ccccc6c45)N3)cc2)cc1. The molecule has 2 unspecified atom stereocenters. The Labute approximate surface area is 360 Å². The van der Waals surface area contributed by atoms with Crippen molar-refractivity contribution in [1.29, 1.82) is 0 Å². The van der Waals surface area contributed by atoms with Crippen molar-refractivity contribution < 1.29 is 4.42 Å². The maximum absolute atomic E-state index is 6.78. The molecule has 0 saturated heterocycles. The quantitative estimate of drug-likeness (QED) is 0.182. The first kappa shape index (κ1) is 36.1. The summed E-state index contributed by atoms with van der Waals surface area (Å²) in [6.45, 7) is 0. The molecule has 2 atom stereocenters. The number of rotatable bonds is 6. The Bertz CT molecular complexity index is 3380. The lowest BCUT2D eigenvalue weighted by Crippen LogP contribution is -2.36. The Morgan fingerprint density at radius 1 is 0.435 bits per heavy atom. The number of nitrogens with zero attached hydrogens (tertiary/aromatic N) is 2. The Hall–Kier alpha value is -7.82. The Balaban J connectivity index is 1.03. The molecular formula is C58H41N3O. The van der Waals surface area contributed by atoms with Crippen molar-refractivity contribution >= 4 is 44.4 Å². The van der Waals surface area contributed by atoms with E-state index in [4.69, 9.17) is 14.4 Å². The first-order valence-corrected chi connectivity index (χ1v) is 21.5. The standard InChI is InChI=1S/C58H41N3O/c1-3-14-37(15-4-1)39-26-28-40(29-27-39)56-59-57(45-21-13-20-41(33-45)38-16-5-2-6-17-38)61-58(60-56)52-35-46(36-54-55(52)50-24-11-12-25-53(50)62-54)47-31-30-44-32-42-18-7-8-19-43(42)34-51(44)49-23-10-9-22-48(47)49/h1-29,32-36,47,57H,30-31H2,(H,59,60,61). The number of aliphatic imine (C=N–C) groups is 2. The molecule has 2 aliphatic rings. The summed E-state index contributed by atoms with van der Waals surface area (Å²) in [5.41, 5.74) is 15.9. The van der Waals surface area contributed by atoms with E-state index in [1.165, 1.54) is 44.2 Å². The van der Waals surface area contributed by atoms with Crippen molar-refractivity contribution in [1.82, 2.24) is 5.32 Å². The molecule has 0 amide bonds. The normalized spacial score (nSPS) is 15.9. The number of amidine groups is 2. The minimum Gasteiger partial charge on any atom is -0.456 e. The van der Waals surface area contributed by atoms with Crippen molar-refractivity contribution in [3.8, 4) is 33.4 Å². The van der Waals surface area contributed by atoms with Gasteiger partial charge < -0.3 is 9.73 Å². The summed E-state index contributed by atoms with van der Waals surface area (Å²) in [5.74, 6) is 1.67. The van der Waals surface area contributed by atoms with Crippen molar-refractivity contribution in [3.05, 3.63) is 240 Å². The van der Waals surface area contributed by atoms with Crippen LogP contribution in [0.1, 0.15) is 51.9 Å². The van der Waals surface area contributed by atoms with Crippen LogP contribution in [0, 0.1) is 0 Å². The number of nitrogens with one attached hydrogen (secondary N) is 1. The van der Waals surface area contributed by atoms with E-state index in [9.17, 15) is 0 Å². The summed E-state index contributed by atoms with van der Waals surface area (Å²) in [5, 5.41) is 8.45. The van der Waals surface area contributed by atoms with Gasteiger partial charge in [-0.2, -0.15) is 0 Å². The van der Waals surface area contributed by atoms with Crippen molar-refractivity contribution in [2.75, 3.05) is 0 Å². The first-order valence-electron chi connectivity index (χ1n) is 21.5. The summed E-state index contributed by atoms with van der Waals surface area (Å²) >= 11 is 0. The molecule has 10 aromatic rings. The predicted molar refractivity (Wildman–Crippen MR) is 256 cm³/mol. The molecule has 294 valence electrons. The van der Waals surface area contributed by atoms with E-state index in [0.717, 1.165) is 79.8 Å². The maximum Gasteiger partial charge on any atom is 0.169 e. The van der Waals surface area contributed by atoms with E-state index in [2.05, 4.69) is 206 Å². The average molecular weight is 796 g/mol. The van der Waals surface area contributed by atoms with Crippen LogP contribution in [0.4, 0.5) is 0 Å². The lowest BCUT2D eigenvalue weighted by atomic mass is 9.84. The summed E-state index contributed by atoms with van der Waals surface area (Å²) < 4.78 is 6.78. The van der Waals surface area contributed by atoms with Gasteiger partial charge in [0.2, 0.25) is 0 Å². The van der Waals surface area contributed by atoms with Gasteiger partial charge in [0.25, 0.3) is 0 Å². The minimum absolute atomic E-state index is 0.124. The fourth-order valence-corrected chi connectivity index (χ4v) is 9.70. The molecule has 4 nitrogen and oxygen atoms in total. The third kappa shape index (κ3) is 6.40. The molecule has 0 saturated carbocycles. The average Bonchev–Trinajstić information content (AvgIpc) is 3.65. The molecule has 0 radical (unpaired) electrons. The zero-order chi connectivity index (χ0) is 41.0. The monoisotopic (exact) mass is 795 g/mol. The molecule has 1 aliphatic heterocycles. The van der Waals surface area contributed by atoms with Crippen LogP contribution in [0.2, 0.25) is 0 Å². The van der Waals surface area contributed by atoms with Gasteiger partial charge in [0.1, 0.15) is 22.8 Å². The summed E-state index contributed by atoms with van der Waals surface area (Å²) in [6, 6.07) is 73.9. The predicted octanol–water partition coefficient (Wildman–Crippen LogP) is 14.3. The first-order chi connectivity index (χ1) is 30.7. The molecule has 2 heterocycles. The highest BCUT2D eigenvalue weighted by Gasteiger charge is 2.29. The number of aryl methyl sites for hydroxylation is 1. The molecule has 9 aromatic carbocycles. The van der Waals surface area contributed by atoms with Gasteiger partial charge in [-0.3, -0.25) is 0 Å². The second-order valence-electron chi connectivity index (χ2n) is 16.5. The van der Waals surface area contributed by atoms with Crippen LogP contribution >= 0.6 is 0 Å². The second kappa shape index (κ2) is 15.0. The van der Waals surface area contributed by atoms with Crippen LogP contribution in [0.15, 0.2) is 221 Å². The molecule has 1 aromatic heterocycles. The van der Waals surface area contributed by atoms with E-state index in [-0.39, 0.29) is 5.92 Å². The molecule has 0 fully saturated rings. The van der Waals surface area contributed by atoms with Gasteiger partial charge >= 0.3 is 0 Å². The van der Waals surface area contributed by atoms with Crippen LogP contribution in [-0.4, -0.2) is 11.7 Å². The molecule has 12 rings (SSSR count). The van der Waals surface area contributed by atoms with Crippen LogP contribution < -0.4 is 5.32 Å². The Morgan fingerprint density at radius 3 is 1.90 bits per heavy atom. The van der Waals surface area contributed by atoms with Gasteiger partial charge in [-0.25, -0.2) is 9.98 Å². The number of fused-ring (bicyclic) bond motifs is 7. The van der Waals surface area contributed by atoms with Crippen molar-refractivity contribution in [3.63, 3.8) is 0 Å².